The van der Waals surface area contributed by atoms with Crippen LogP contribution in [0.25, 0.3) is 11.2 Å². The van der Waals surface area contributed by atoms with Gasteiger partial charge in [-0.3, -0.25) is 4.57 Å². The molecule has 2 heterocycles. The smallest absolute Gasteiger partial charge is 0.352 e. The van der Waals surface area contributed by atoms with E-state index in [4.69, 9.17) is 15.2 Å². The zero-order valence-corrected chi connectivity index (χ0v) is 16.5. The fraction of sp³-hybridized carbons (Fsp3) is 0.533. The van der Waals surface area contributed by atoms with Gasteiger partial charge in [-0.1, -0.05) is 0 Å². The first-order valence-corrected chi connectivity index (χ1v) is 10.0. The van der Waals surface area contributed by atoms with Crippen molar-refractivity contribution in [2.75, 3.05) is 12.1 Å². The minimum Gasteiger partial charge on any atom is -0.458 e. The quantitative estimate of drug-likeness (QED) is 0.381. The predicted molar refractivity (Wildman–Crippen MR) is 99.3 cm³/mol. The van der Waals surface area contributed by atoms with Crippen LogP contribution in [0, 0.1) is 0 Å². The lowest BCUT2D eigenvalue weighted by Gasteiger charge is -2.15. The van der Waals surface area contributed by atoms with Crippen molar-refractivity contribution in [2.24, 2.45) is 4.76 Å². The second-order valence-corrected chi connectivity index (χ2v) is 8.03. The molecular formula is C15H23N6O5P. The average Bonchev–Trinajstić information content (AvgIpc) is 2.96. The number of nitrogens with zero attached hydrogens (tertiary/aromatic N) is 5. The minimum atomic E-state index is -4.05. The number of nitrogens with two attached hydrogens (primary N) is 1. The molecule has 0 aliphatic rings. The summed E-state index contributed by atoms with van der Waals surface area (Å²) in [5, 5.41) is 0. The molecule has 11 nitrogen and oxygen atoms in total. The normalized spacial score (nSPS) is 15.7. The Bertz CT molecular complexity index is 896. The Morgan fingerprint density at radius 3 is 2.74 bits per heavy atom. The number of aromatic nitrogens is 4. The molecule has 0 bridgehead atoms. The van der Waals surface area contributed by atoms with E-state index in [9.17, 15) is 14.3 Å². The molecule has 0 saturated heterocycles. The summed E-state index contributed by atoms with van der Waals surface area (Å²) in [4.78, 5) is 33.7. The molecule has 0 radical (unpaired) electrons. The van der Waals surface area contributed by atoms with Gasteiger partial charge in [-0.2, -0.15) is 4.76 Å². The Kier molecular flexibility index (Phi) is 6.63. The third-order valence-corrected chi connectivity index (χ3v) is 4.45. The fourth-order valence-electron chi connectivity index (χ4n) is 2.19. The molecule has 0 aromatic carbocycles. The molecular weight excluding hydrogens is 375 g/mol. The third-order valence-electron chi connectivity index (χ3n) is 3.35. The zero-order valence-electron chi connectivity index (χ0n) is 15.6. The summed E-state index contributed by atoms with van der Waals surface area (Å²) in [6.07, 6.45) is 1.54. The average molecular weight is 398 g/mol. The summed E-state index contributed by atoms with van der Waals surface area (Å²) in [5.74, 6) is -0.472. The van der Waals surface area contributed by atoms with E-state index in [0.29, 0.717) is 17.7 Å². The monoisotopic (exact) mass is 398 g/mol. The molecule has 0 amide bonds. The van der Waals surface area contributed by atoms with Gasteiger partial charge in [0, 0.05) is 0 Å². The summed E-state index contributed by atoms with van der Waals surface area (Å²) in [7, 11) is -4.05. The van der Waals surface area contributed by atoms with Crippen LogP contribution in [0.5, 0.6) is 0 Å². The molecule has 27 heavy (non-hydrogen) atoms. The topological polar surface area (TPSA) is 155 Å². The third kappa shape index (κ3) is 5.81. The standard InChI is InChI=1S/C15H23N6O5P/c1-9(2)26-15(22)11(4)20-27(23,24)8-25-10(3)5-21-7-19-12-13(16)17-6-18-14(12)21/h6-7,9-10H,5,8H2,1-4H3,(H,23,24)(H2,16,17,18)/b20-11+/t10-/m1/s1. The SMILES string of the molecule is C/C(=N\P(=O)(O)CO[C@H](C)Cn1cnc2c(N)ncnc21)C(=O)OC(C)C. The van der Waals surface area contributed by atoms with Crippen LogP contribution in [0.4, 0.5) is 5.82 Å². The van der Waals surface area contributed by atoms with E-state index < -0.39 is 25.9 Å². The van der Waals surface area contributed by atoms with E-state index >= 15 is 0 Å². The van der Waals surface area contributed by atoms with Crippen molar-refractivity contribution in [3.63, 3.8) is 0 Å². The number of carbonyl (C=O) groups excluding carboxylic acids is 1. The molecule has 0 aliphatic carbocycles. The van der Waals surface area contributed by atoms with E-state index in [2.05, 4.69) is 19.7 Å². The number of hydrogen-bond donors (Lipinski definition) is 2. The van der Waals surface area contributed by atoms with Crippen molar-refractivity contribution in [3.8, 4) is 0 Å². The summed E-state index contributed by atoms with van der Waals surface area (Å²) in [5.41, 5.74) is 6.57. The maximum atomic E-state index is 12.2. The molecule has 2 aromatic heterocycles. The van der Waals surface area contributed by atoms with E-state index in [-0.39, 0.29) is 17.6 Å². The zero-order chi connectivity index (χ0) is 20.2. The molecule has 1 unspecified atom stereocenters. The first-order valence-electron chi connectivity index (χ1n) is 8.21. The highest BCUT2D eigenvalue weighted by molar-refractivity contribution is 7.56. The summed E-state index contributed by atoms with van der Waals surface area (Å²) < 4.78 is 27.8. The highest BCUT2D eigenvalue weighted by Crippen LogP contribution is 2.42. The van der Waals surface area contributed by atoms with Gasteiger partial charge in [0.1, 0.15) is 23.9 Å². The first kappa shape index (κ1) is 20.9. The summed E-state index contributed by atoms with van der Waals surface area (Å²) in [6, 6.07) is 0. The number of ether oxygens (including phenoxy) is 2. The maximum Gasteiger partial charge on any atom is 0.352 e. The van der Waals surface area contributed by atoms with Crippen LogP contribution in [0.3, 0.4) is 0 Å². The molecule has 0 saturated carbocycles. The van der Waals surface area contributed by atoms with Gasteiger partial charge >= 0.3 is 13.5 Å². The number of hydrogen-bond acceptors (Lipinski definition) is 8. The minimum absolute atomic E-state index is 0.182. The number of anilines is 1. The number of nitrogen functional groups attached to an aromatic ring is 1. The largest absolute Gasteiger partial charge is 0.458 e. The van der Waals surface area contributed by atoms with E-state index in [1.165, 1.54) is 13.3 Å². The fourth-order valence-corrected chi connectivity index (χ4v) is 3.25. The van der Waals surface area contributed by atoms with Crippen LogP contribution < -0.4 is 5.73 Å². The van der Waals surface area contributed by atoms with Gasteiger partial charge in [0.15, 0.2) is 11.5 Å². The maximum absolute atomic E-state index is 12.2. The number of carbonyl (C=O) groups is 1. The molecule has 2 atom stereocenters. The lowest BCUT2D eigenvalue weighted by molar-refractivity contribution is -0.139. The molecule has 0 fully saturated rings. The summed E-state index contributed by atoms with van der Waals surface area (Å²) in [6.45, 7) is 6.71. The Hall–Kier alpha value is -2.36. The van der Waals surface area contributed by atoms with E-state index in [1.54, 1.807) is 31.7 Å². The highest BCUT2D eigenvalue weighted by atomic mass is 31.2. The van der Waals surface area contributed by atoms with Crippen molar-refractivity contribution in [3.05, 3.63) is 12.7 Å². The van der Waals surface area contributed by atoms with Gasteiger partial charge < -0.3 is 24.7 Å². The molecule has 0 spiro atoms. The highest BCUT2D eigenvalue weighted by Gasteiger charge is 2.22. The van der Waals surface area contributed by atoms with Gasteiger partial charge in [-0.05, 0) is 27.7 Å². The number of imidazole rings is 1. The van der Waals surface area contributed by atoms with Crippen LogP contribution >= 0.6 is 7.52 Å². The lowest BCUT2D eigenvalue weighted by Crippen LogP contribution is -2.19. The van der Waals surface area contributed by atoms with Crippen LogP contribution in [-0.4, -0.2) is 54.6 Å². The van der Waals surface area contributed by atoms with Gasteiger partial charge in [0.05, 0.1) is 25.1 Å². The van der Waals surface area contributed by atoms with Crippen LogP contribution in [0.15, 0.2) is 17.4 Å². The van der Waals surface area contributed by atoms with Gasteiger partial charge in [0.2, 0.25) is 0 Å². The van der Waals surface area contributed by atoms with Crippen molar-refractivity contribution in [1.29, 1.82) is 0 Å². The number of rotatable bonds is 8. The molecule has 3 N–H and O–H groups in total. The molecule has 2 rings (SSSR count). The Morgan fingerprint density at radius 2 is 2.07 bits per heavy atom. The number of esters is 1. The van der Waals surface area contributed by atoms with Gasteiger partial charge in [-0.25, -0.2) is 19.7 Å². The molecule has 148 valence electrons. The van der Waals surface area contributed by atoms with Crippen molar-refractivity contribution >= 4 is 36.2 Å². The predicted octanol–water partition coefficient (Wildman–Crippen LogP) is 1.37. The van der Waals surface area contributed by atoms with Crippen LogP contribution in [-0.2, 0) is 25.4 Å². The summed E-state index contributed by atoms with van der Waals surface area (Å²) >= 11 is 0. The Morgan fingerprint density at radius 1 is 1.37 bits per heavy atom. The molecule has 2 aromatic rings. The van der Waals surface area contributed by atoms with Crippen LogP contribution in [0.1, 0.15) is 27.7 Å². The van der Waals surface area contributed by atoms with Crippen LogP contribution in [0.2, 0.25) is 0 Å². The van der Waals surface area contributed by atoms with E-state index in [0.717, 1.165) is 0 Å². The van der Waals surface area contributed by atoms with Crippen molar-refractivity contribution in [2.45, 2.75) is 46.4 Å². The number of fused-ring (bicyclic) bond motifs is 1. The van der Waals surface area contributed by atoms with Crippen molar-refractivity contribution < 1.29 is 23.7 Å². The second kappa shape index (κ2) is 8.55. The van der Waals surface area contributed by atoms with Gasteiger partial charge in [0.25, 0.3) is 0 Å². The van der Waals surface area contributed by atoms with E-state index in [1.807, 2.05) is 0 Å². The lowest BCUT2D eigenvalue weighted by atomic mass is 10.4. The molecule has 0 aliphatic heterocycles. The van der Waals surface area contributed by atoms with Gasteiger partial charge in [-0.15, -0.1) is 0 Å². The van der Waals surface area contributed by atoms with Crippen molar-refractivity contribution in [1.82, 2.24) is 19.5 Å². The molecule has 12 heteroatoms. The Labute approximate surface area is 156 Å². The second-order valence-electron chi connectivity index (χ2n) is 6.24. The Balaban J connectivity index is 1.97. The first-order chi connectivity index (χ1) is 12.6.